The summed E-state index contributed by atoms with van der Waals surface area (Å²) in [7, 11) is 1.95. The number of anilines is 1. The van der Waals surface area contributed by atoms with Crippen LogP contribution in [0.5, 0.6) is 0 Å². The number of fused-ring (bicyclic) bond motifs is 1. The number of nitrogens with one attached hydrogen (secondary N) is 1. The van der Waals surface area contributed by atoms with Crippen LogP contribution < -0.4 is 25.1 Å². The Hall–Kier alpha value is -2.58. The molecule has 0 saturated heterocycles. The lowest BCUT2D eigenvalue weighted by molar-refractivity contribution is -0.115. The van der Waals surface area contributed by atoms with Crippen LogP contribution in [0.15, 0.2) is 51.7 Å². The van der Waals surface area contributed by atoms with E-state index in [4.69, 9.17) is 0 Å². The topological polar surface area (TPSA) is 66.7 Å². The number of hydrogen-bond donors (Lipinski definition) is 1. The molecule has 1 aromatic heterocycles. The molecule has 0 atom stereocenters. The van der Waals surface area contributed by atoms with Crippen molar-refractivity contribution in [2.24, 2.45) is 5.10 Å². The maximum absolute atomic E-state index is 13.1. The Bertz CT molecular complexity index is 1160. The SMILES string of the molecule is C=CCn1c(=O)/c(=C2/Sc3ccccc3N2C)s/c1=C1/C(=O)NN=C1C. The largest absolute Gasteiger partial charge is 0.337 e. The summed E-state index contributed by atoms with van der Waals surface area (Å²) in [5.74, 6) is -0.283. The van der Waals surface area contributed by atoms with Gasteiger partial charge in [-0.3, -0.25) is 14.2 Å². The first-order chi connectivity index (χ1) is 12.5. The number of rotatable bonds is 2. The first-order valence-electron chi connectivity index (χ1n) is 7.97. The molecule has 8 heteroatoms. The molecule has 1 N–H and O–H groups in total. The van der Waals surface area contributed by atoms with Gasteiger partial charge in [0.25, 0.3) is 11.5 Å². The van der Waals surface area contributed by atoms with E-state index in [2.05, 4.69) is 17.1 Å². The predicted molar refractivity (Wildman–Crippen MR) is 107 cm³/mol. The number of aromatic nitrogens is 1. The van der Waals surface area contributed by atoms with Gasteiger partial charge in [0.15, 0.2) is 0 Å². The van der Waals surface area contributed by atoms with Gasteiger partial charge < -0.3 is 4.90 Å². The molecule has 6 nitrogen and oxygen atoms in total. The van der Waals surface area contributed by atoms with Crippen LogP contribution in [0.1, 0.15) is 6.92 Å². The zero-order valence-electron chi connectivity index (χ0n) is 14.3. The highest BCUT2D eigenvalue weighted by Crippen LogP contribution is 2.44. The van der Waals surface area contributed by atoms with Crippen LogP contribution in [0.25, 0.3) is 10.6 Å². The molecule has 0 radical (unpaired) electrons. The van der Waals surface area contributed by atoms with Gasteiger partial charge in [0, 0.05) is 18.5 Å². The minimum atomic E-state index is -0.283. The quantitative estimate of drug-likeness (QED) is 0.787. The second-order valence-electron chi connectivity index (χ2n) is 5.89. The van der Waals surface area contributed by atoms with Crippen LogP contribution in [0, 0.1) is 0 Å². The lowest BCUT2D eigenvalue weighted by atomic mass is 10.2. The van der Waals surface area contributed by atoms with Crippen molar-refractivity contribution in [1.82, 2.24) is 9.99 Å². The minimum Gasteiger partial charge on any atom is -0.337 e. The third-order valence-corrected chi connectivity index (χ3v) is 6.81. The van der Waals surface area contributed by atoms with E-state index in [1.807, 2.05) is 36.2 Å². The summed E-state index contributed by atoms with van der Waals surface area (Å²) < 4.78 is 2.82. The second-order valence-corrected chi connectivity index (χ2v) is 7.92. The standard InChI is InChI=1S/C18H16N4O2S2/c1-4-9-22-16(24)14(26-17(22)13-10(2)19-20-15(13)23)18-21(3)11-7-5-6-8-12(11)25-18/h4-8H,1,9H2,2-3H3,(H,20,23)/b17-13+,18-14-. The maximum Gasteiger partial charge on any atom is 0.276 e. The van der Waals surface area contributed by atoms with Gasteiger partial charge in [-0.25, -0.2) is 5.43 Å². The van der Waals surface area contributed by atoms with E-state index in [-0.39, 0.29) is 11.5 Å². The highest BCUT2D eigenvalue weighted by Gasteiger charge is 2.26. The van der Waals surface area contributed by atoms with Crippen molar-refractivity contribution in [2.45, 2.75) is 18.4 Å². The molecule has 0 spiro atoms. The number of hydrogen-bond acceptors (Lipinski definition) is 6. The van der Waals surface area contributed by atoms with E-state index >= 15 is 0 Å². The monoisotopic (exact) mass is 384 g/mol. The predicted octanol–water partition coefficient (Wildman–Crippen LogP) is 1.06. The summed E-state index contributed by atoms with van der Waals surface area (Å²) in [6, 6.07) is 8.03. The molecule has 1 amide bonds. The molecule has 0 fully saturated rings. The summed E-state index contributed by atoms with van der Waals surface area (Å²) in [5.41, 5.74) is 4.45. The molecule has 0 saturated carbocycles. The maximum atomic E-state index is 13.1. The Morgan fingerprint density at radius 2 is 2.08 bits per heavy atom. The number of thioether (sulfide) groups is 1. The number of carbonyl (C=O) groups is 1. The Labute approximate surface area is 157 Å². The molecule has 2 aliphatic heterocycles. The van der Waals surface area contributed by atoms with Crippen LogP contribution in [0.3, 0.4) is 0 Å². The van der Waals surface area contributed by atoms with Crippen LogP contribution in [-0.2, 0) is 11.3 Å². The first-order valence-corrected chi connectivity index (χ1v) is 9.61. The van der Waals surface area contributed by atoms with E-state index in [1.54, 1.807) is 29.3 Å². The molecule has 0 unspecified atom stereocenters. The molecule has 0 bridgehead atoms. The highest BCUT2D eigenvalue weighted by atomic mass is 32.2. The van der Waals surface area contributed by atoms with Gasteiger partial charge in [0.2, 0.25) is 0 Å². The van der Waals surface area contributed by atoms with E-state index in [9.17, 15) is 9.59 Å². The van der Waals surface area contributed by atoms with Gasteiger partial charge in [0.1, 0.15) is 14.2 Å². The number of allylic oxidation sites excluding steroid dienone is 1. The Morgan fingerprint density at radius 1 is 1.31 bits per heavy atom. The third kappa shape index (κ3) is 2.45. The molecule has 4 rings (SSSR count). The van der Waals surface area contributed by atoms with Crippen molar-refractivity contribution in [3.05, 3.63) is 56.5 Å². The molecule has 26 heavy (non-hydrogen) atoms. The molecule has 0 aliphatic carbocycles. The van der Waals surface area contributed by atoms with Crippen molar-refractivity contribution in [3.63, 3.8) is 0 Å². The van der Waals surface area contributed by atoms with Crippen molar-refractivity contribution in [2.75, 3.05) is 11.9 Å². The number of benzene rings is 1. The van der Waals surface area contributed by atoms with Crippen LogP contribution in [0.2, 0.25) is 0 Å². The molecule has 1 aromatic carbocycles. The molecule has 132 valence electrons. The second kappa shape index (κ2) is 6.30. The van der Waals surface area contributed by atoms with Crippen molar-refractivity contribution in [1.29, 1.82) is 0 Å². The summed E-state index contributed by atoms with van der Waals surface area (Å²) in [6.45, 7) is 5.83. The van der Waals surface area contributed by atoms with E-state index in [1.165, 1.54) is 11.3 Å². The molecular weight excluding hydrogens is 368 g/mol. The highest BCUT2D eigenvalue weighted by molar-refractivity contribution is 8.08. The number of carbonyl (C=O) groups excluding carboxylic acids is 1. The number of hydrazone groups is 1. The van der Waals surface area contributed by atoms with Crippen LogP contribution >= 0.6 is 23.1 Å². The summed E-state index contributed by atoms with van der Waals surface area (Å²) in [5, 5.41) is 4.86. The first kappa shape index (κ1) is 16.9. The molecule has 3 heterocycles. The van der Waals surface area contributed by atoms with Crippen molar-refractivity contribution in [3.8, 4) is 0 Å². The molecule has 2 aromatic rings. The van der Waals surface area contributed by atoms with Crippen molar-refractivity contribution >= 4 is 51.0 Å². The molecular formula is C18H16N4O2S2. The number of amides is 1. The summed E-state index contributed by atoms with van der Waals surface area (Å²) in [4.78, 5) is 28.5. The van der Waals surface area contributed by atoms with Crippen molar-refractivity contribution < 1.29 is 4.79 Å². The fourth-order valence-electron chi connectivity index (χ4n) is 2.99. The Balaban J connectivity index is 2.05. The fraction of sp³-hybridized carbons (Fsp3) is 0.167. The van der Waals surface area contributed by atoms with Gasteiger partial charge in [-0.15, -0.1) is 17.9 Å². The zero-order valence-corrected chi connectivity index (χ0v) is 15.9. The van der Waals surface area contributed by atoms with Gasteiger partial charge in [-0.2, -0.15) is 5.10 Å². The lowest BCUT2D eigenvalue weighted by Crippen LogP contribution is -2.35. The van der Waals surface area contributed by atoms with Gasteiger partial charge in [-0.1, -0.05) is 30.0 Å². The Morgan fingerprint density at radius 3 is 2.73 bits per heavy atom. The number of para-hydroxylation sites is 1. The smallest absolute Gasteiger partial charge is 0.276 e. The Kier molecular flexibility index (Phi) is 4.08. The average molecular weight is 384 g/mol. The van der Waals surface area contributed by atoms with E-state index in [0.717, 1.165) is 15.6 Å². The zero-order chi connectivity index (χ0) is 18.4. The minimum absolute atomic E-state index is 0.118. The number of thiazole rings is 1. The summed E-state index contributed by atoms with van der Waals surface area (Å²) in [6.07, 6.45) is 1.66. The van der Waals surface area contributed by atoms with Crippen LogP contribution in [0.4, 0.5) is 5.69 Å². The normalized spacial score (nSPS) is 20.2. The van der Waals surface area contributed by atoms with E-state index in [0.29, 0.717) is 27.0 Å². The molecule has 2 aliphatic rings. The van der Waals surface area contributed by atoms with Gasteiger partial charge in [0.05, 0.1) is 17.0 Å². The number of nitrogens with zero attached hydrogens (tertiary/aromatic N) is 3. The van der Waals surface area contributed by atoms with Gasteiger partial charge in [-0.05, 0) is 19.1 Å². The van der Waals surface area contributed by atoms with E-state index < -0.39 is 0 Å². The third-order valence-electron chi connectivity index (χ3n) is 4.25. The fourth-order valence-corrected chi connectivity index (χ4v) is 5.55. The lowest BCUT2D eigenvalue weighted by Gasteiger charge is -2.11. The van der Waals surface area contributed by atoms with Gasteiger partial charge >= 0.3 is 0 Å². The van der Waals surface area contributed by atoms with Crippen LogP contribution in [-0.4, -0.2) is 23.2 Å². The summed E-state index contributed by atoms with van der Waals surface area (Å²) >= 11 is 2.90. The average Bonchev–Trinajstić information content (AvgIpc) is 3.24.